The average molecular weight is 415 g/mol. The summed E-state index contributed by atoms with van der Waals surface area (Å²) in [6.07, 6.45) is 0.826. The van der Waals surface area contributed by atoms with Crippen LogP contribution in [0.1, 0.15) is 5.56 Å². The number of hydrogen-bond donors (Lipinski definition) is 1. The molecule has 0 saturated carbocycles. The van der Waals surface area contributed by atoms with Crippen LogP contribution in [0.15, 0.2) is 51.4 Å². The summed E-state index contributed by atoms with van der Waals surface area (Å²) in [6.45, 7) is 1.61. The fraction of sp³-hybridized carbons (Fsp3) is 0.250. The van der Waals surface area contributed by atoms with E-state index in [1.54, 1.807) is 0 Å². The fourth-order valence-electron chi connectivity index (χ4n) is 1.86. The van der Waals surface area contributed by atoms with Gasteiger partial charge in [0.2, 0.25) is 0 Å². The molecule has 0 bridgehead atoms. The number of hydrogen-bond acceptors (Lipinski definition) is 3. The van der Waals surface area contributed by atoms with Gasteiger partial charge in [0.1, 0.15) is 24.7 Å². The van der Waals surface area contributed by atoms with Crippen LogP contribution in [-0.2, 0) is 6.42 Å². The monoisotopic (exact) mass is 413 g/mol. The number of halogens is 2. The Kier molecular flexibility index (Phi) is 6.54. The van der Waals surface area contributed by atoms with Crippen molar-refractivity contribution in [3.8, 4) is 11.5 Å². The molecule has 21 heavy (non-hydrogen) atoms. The molecule has 2 rings (SSSR count). The Morgan fingerprint density at radius 2 is 1.62 bits per heavy atom. The van der Waals surface area contributed by atoms with Crippen LogP contribution >= 0.6 is 31.9 Å². The Balaban J connectivity index is 1.82. The fourth-order valence-corrected chi connectivity index (χ4v) is 2.69. The Hall–Kier alpha value is -1.04. The van der Waals surface area contributed by atoms with Crippen LogP contribution in [-0.4, -0.2) is 19.8 Å². The molecule has 0 spiro atoms. The van der Waals surface area contributed by atoms with E-state index in [4.69, 9.17) is 15.2 Å². The van der Waals surface area contributed by atoms with Crippen molar-refractivity contribution < 1.29 is 9.47 Å². The van der Waals surface area contributed by atoms with Crippen LogP contribution < -0.4 is 15.2 Å². The Morgan fingerprint density at radius 3 is 2.29 bits per heavy atom. The van der Waals surface area contributed by atoms with E-state index in [9.17, 15) is 0 Å². The van der Waals surface area contributed by atoms with Crippen LogP contribution in [0.25, 0.3) is 0 Å². The molecule has 0 saturated heterocycles. The van der Waals surface area contributed by atoms with Crippen molar-refractivity contribution in [1.29, 1.82) is 0 Å². The van der Waals surface area contributed by atoms with E-state index < -0.39 is 0 Å². The molecular weight excluding hydrogens is 398 g/mol. The molecule has 2 N–H and O–H groups in total. The van der Waals surface area contributed by atoms with Gasteiger partial charge in [-0.15, -0.1) is 0 Å². The lowest BCUT2D eigenvalue weighted by molar-refractivity contribution is 0.217. The molecule has 0 amide bonds. The van der Waals surface area contributed by atoms with E-state index in [1.165, 1.54) is 0 Å². The molecule has 2 aromatic carbocycles. The number of nitrogens with two attached hydrogens (primary N) is 1. The second-order valence-corrected chi connectivity index (χ2v) is 6.22. The zero-order chi connectivity index (χ0) is 15.1. The van der Waals surface area contributed by atoms with Crippen LogP contribution in [0.5, 0.6) is 11.5 Å². The lowest BCUT2D eigenvalue weighted by Gasteiger charge is -2.10. The molecule has 0 aromatic heterocycles. The minimum Gasteiger partial charge on any atom is -0.490 e. The lowest BCUT2D eigenvalue weighted by atomic mass is 10.1. The normalized spacial score (nSPS) is 10.4. The maximum atomic E-state index is 5.70. The second-order valence-electron chi connectivity index (χ2n) is 4.45. The van der Waals surface area contributed by atoms with Gasteiger partial charge in [-0.05, 0) is 54.9 Å². The first-order chi connectivity index (χ1) is 10.2. The largest absolute Gasteiger partial charge is 0.490 e. The summed E-state index contributed by atoms with van der Waals surface area (Å²) < 4.78 is 13.4. The Labute approximate surface area is 141 Å². The first kappa shape index (κ1) is 16.3. The van der Waals surface area contributed by atoms with Gasteiger partial charge in [-0.25, -0.2) is 0 Å². The highest BCUT2D eigenvalue weighted by atomic mass is 79.9. The van der Waals surface area contributed by atoms with Crippen molar-refractivity contribution in [2.24, 2.45) is 5.73 Å². The number of rotatable bonds is 7. The quantitative estimate of drug-likeness (QED) is 0.691. The van der Waals surface area contributed by atoms with Gasteiger partial charge >= 0.3 is 0 Å². The van der Waals surface area contributed by atoms with Crippen molar-refractivity contribution in [1.82, 2.24) is 0 Å². The molecule has 0 radical (unpaired) electrons. The molecular formula is C16H17Br2NO2. The maximum Gasteiger partial charge on any atom is 0.122 e. The van der Waals surface area contributed by atoms with Crippen LogP contribution in [0.2, 0.25) is 0 Å². The molecule has 0 atom stereocenters. The van der Waals surface area contributed by atoms with E-state index in [2.05, 4.69) is 31.9 Å². The molecule has 112 valence electrons. The number of ether oxygens (including phenoxy) is 2. The van der Waals surface area contributed by atoms with E-state index in [-0.39, 0.29) is 0 Å². The SMILES string of the molecule is NCCc1cc(OCCOc2cccc(Br)c2)ccc1Br. The van der Waals surface area contributed by atoms with Gasteiger partial charge in [0.25, 0.3) is 0 Å². The third-order valence-corrected chi connectivity index (χ3v) is 4.11. The zero-order valence-corrected chi connectivity index (χ0v) is 14.7. The number of benzene rings is 2. The van der Waals surface area contributed by atoms with Gasteiger partial charge in [0.15, 0.2) is 0 Å². The Morgan fingerprint density at radius 1 is 0.905 bits per heavy atom. The highest BCUT2D eigenvalue weighted by molar-refractivity contribution is 9.10. The van der Waals surface area contributed by atoms with Crippen molar-refractivity contribution in [3.63, 3.8) is 0 Å². The predicted molar refractivity (Wildman–Crippen MR) is 92.0 cm³/mol. The average Bonchev–Trinajstić information content (AvgIpc) is 2.47. The first-order valence-corrected chi connectivity index (χ1v) is 8.27. The van der Waals surface area contributed by atoms with Crippen LogP contribution in [0.3, 0.4) is 0 Å². The molecule has 3 nitrogen and oxygen atoms in total. The lowest BCUT2D eigenvalue weighted by Crippen LogP contribution is -2.09. The highest BCUT2D eigenvalue weighted by Crippen LogP contribution is 2.23. The van der Waals surface area contributed by atoms with Gasteiger partial charge < -0.3 is 15.2 Å². The van der Waals surface area contributed by atoms with Gasteiger partial charge in [-0.2, -0.15) is 0 Å². The van der Waals surface area contributed by atoms with E-state index in [0.717, 1.165) is 32.4 Å². The smallest absolute Gasteiger partial charge is 0.122 e. The van der Waals surface area contributed by atoms with Gasteiger partial charge in [-0.3, -0.25) is 0 Å². The summed E-state index contributed by atoms with van der Waals surface area (Å²) in [5.41, 5.74) is 6.75. The van der Waals surface area contributed by atoms with Crippen LogP contribution in [0, 0.1) is 0 Å². The highest BCUT2D eigenvalue weighted by Gasteiger charge is 2.02. The van der Waals surface area contributed by atoms with Gasteiger partial charge in [0, 0.05) is 8.95 Å². The van der Waals surface area contributed by atoms with Gasteiger partial charge in [0.05, 0.1) is 0 Å². The summed E-state index contributed by atoms with van der Waals surface area (Å²) in [5.74, 6) is 1.66. The van der Waals surface area contributed by atoms with Crippen LogP contribution in [0.4, 0.5) is 0 Å². The molecule has 2 aromatic rings. The summed E-state index contributed by atoms with van der Waals surface area (Å²) in [7, 11) is 0. The summed E-state index contributed by atoms with van der Waals surface area (Å²) in [4.78, 5) is 0. The molecule has 0 aliphatic rings. The molecule has 0 fully saturated rings. The predicted octanol–water partition coefficient (Wildman–Crippen LogP) is 4.17. The van der Waals surface area contributed by atoms with E-state index in [1.807, 2.05) is 42.5 Å². The molecule has 5 heteroatoms. The third-order valence-electron chi connectivity index (χ3n) is 2.85. The topological polar surface area (TPSA) is 44.5 Å². The minimum atomic E-state index is 0.496. The van der Waals surface area contributed by atoms with Crippen molar-refractivity contribution in [2.75, 3.05) is 19.8 Å². The van der Waals surface area contributed by atoms with Gasteiger partial charge in [-0.1, -0.05) is 37.9 Å². The maximum absolute atomic E-state index is 5.70. The third kappa shape index (κ3) is 5.34. The van der Waals surface area contributed by atoms with Crippen molar-refractivity contribution in [3.05, 3.63) is 57.0 Å². The zero-order valence-electron chi connectivity index (χ0n) is 11.5. The summed E-state index contributed by atoms with van der Waals surface area (Å²) in [5, 5.41) is 0. The molecule has 0 aliphatic heterocycles. The summed E-state index contributed by atoms with van der Waals surface area (Å²) >= 11 is 6.92. The van der Waals surface area contributed by atoms with Crippen molar-refractivity contribution in [2.45, 2.75) is 6.42 Å². The minimum absolute atomic E-state index is 0.496. The van der Waals surface area contributed by atoms with E-state index in [0.29, 0.717) is 19.8 Å². The first-order valence-electron chi connectivity index (χ1n) is 6.68. The van der Waals surface area contributed by atoms with Crippen molar-refractivity contribution >= 4 is 31.9 Å². The molecule has 0 unspecified atom stereocenters. The molecule has 0 aliphatic carbocycles. The second kappa shape index (κ2) is 8.41. The molecule has 0 heterocycles. The Bertz CT molecular complexity index is 590. The van der Waals surface area contributed by atoms with E-state index >= 15 is 0 Å². The summed E-state index contributed by atoms with van der Waals surface area (Å²) in [6, 6.07) is 13.7. The standard InChI is InChI=1S/C16H17Br2NO2/c17-13-2-1-3-14(11-13)20-8-9-21-15-4-5-16(18)12(10-15)6-7-19/h1-5,10-11H,6-9,19H2.